The van der Waals surface area contributed by atoms with E-state index in [4.69, 9.17) is 4.74 Å². The lowest BCUT2D eigenvalue weighted by Crippen LogP contribution is -1.98. The molecule has 2 aromatic carbocycles. The molecule has 3 rings (SSSR count). The van der Waals surface area contributed by atoms with Crippen LogP contribution in [0.3, 0.4) is 0 Å². The minimum absolute atomic E-state index is 0.0954. The molecule has 0 aliphatic carbocycles. The van der Waals surface area contributed by atoms with Crippen LogP contribution in [-0.4, -0.2) is 6.61 Å². The molecule has 0 spiro atoms. The molecule has 98 valence electrons. The minimum Gasteiger partial charge on any atom is -0.368 e. The summed E-state index contributed by atoms with van der Waals surface area (Å²) in [5.74, 6) is -4.58. The Kier molecular flexibility index (Phi) is 2.78. The quantitative estimate of drug-likeness (QED) is 0.593. The van der Waals surface area contributed by atoms with Gasteiger partial charge in [-0.3, -0.25) is 0 Å². The van der Waals surface area contributed by atoms with E-state index in [0.29, 0.717) is 6.61 Å². The number of hydrogen-bond acceptors (Lipinski definition) is 1. The molecule has 1 saturated heterocycles. The van der Waals surface area contributed by atoms with Crippen molar-refractivity contribution in [3.05, 3.63) is 59.2 Å². The summed E-state index contributed by atoms with van der Waals surface area (Å²) >= 11 is 0. The highest BCUT2D eigenvalue weighted by Crippen LogP contribution is 2.36. The molecular formula is C14H8F4O. The van der Waals surface area contributed by atoms with Crippen LogP contribution >= 0.6 is 0 Å². The standard InChI is InChI=1S/C14H8F4O/c15-10-3-1-2-7(12(10)16)8-4-5-9(11-6-19-11)14(18)13(8)17/h1-5,11H,6H2. The Labute approximate surface area is 106 Å². The molecule has 1 fully saturated rings. The van der Waals surface area contributed by atoms with Gasteiger partial charge >= 0.3 is 0 Å². The smallest absolute Gasteiger partial charge is 0.167 e. The average Bonchev–Trinajstić information content (AvgIpc) is 3.21. The fraction of sp³-hybridized carbons (Fsp3) is 0.143. The van der Waals surface area contributed by atoms with E-state index in [2.05, 4.69) is 0 Å². The molecule has 1 heterocycles. The molecule has 2 aromatic rings. The molecule has 1 atom stereocenters. The van der Waals surface area contributed by atoms with Gasteiger partial charge in [0.2, 0.25) is 0 Å². The van der Waals surface area contributed by atoms with Gasteiger partial charge in [-0.2, -0.15) is 0 Å². The predicted molar refractivity (Wildman–Crippen MR) is 60.4 cm³/mol. The van der Waals surface area contributed by atoms with Gasteiger partial charge < -0.3 is 4.74 Å². The van der Waals surface area contributed by atoms with Crippen molar-refractivity contribution in [3.8, 4) is 11.1 Å². The topological polar surface area (TPSA) is 12.5 Å². The fourth-order valence-corrected chi connectivity index (χ4v) is 1.96. The van der Waals surface area contributed by atoms with Gasteiger partial charge in [0.15, 0.2) is 23.3 Å². The van der Waals surface area contributed by atoms with E-state index in [9.17, 15) is 17.6 Å². The number of rotatable bonds is 2. The van der Waals surface area contributed by atoms with Gasteiger partial charge in [0.1, 0.15) is 6.10 Å². The van der Waals surface area contributed by atoms with E-state index < -0.39 is 29.4 Å². The Morgan fingerprint density at radius 1 is 0.842 bits per heavy atom. The molecular weight excluding hydrogens is 260 g/mol. The van der Waals surface area contributed by atoms with Gasteiger partial charge in [0.05, 0.1) is 6.61 Å². The lowest BCUT2D eigenvalue weighted by atomic mass is 10.0. The Morgan fingerprint density at radius 2 is 1.53 bits per heavy atom. The van der Waals surface area contributed by atoms with Gasteiger partial charge in [0.25, 0.3) is 0 Å². The van der Waals surface area contributed by atoms with E-state index >= 15 is 0 Å². The van der Waals surface area contributed by atoms with E-state index in [1.165, 1.54) is 24.3 Å². The molecule has 0 bridgehead atoms. The Balaban J connectivity index is 2.15. The third-order valence-corrected chi connectivity index (χ3v) is 3.03. The molecule has 0 saturated carbocycles. The summed E-state index contributed by atoms with van der Waals surface area (Å²) < 4.78 is 59.3. The zero-order valence-corrected chi connectivity index (χ0v) is 9.59. The van der Waals surface area contributed by atoms with Gasteiger partial charge in [-0.25, -0.2) is 17.6 Å². The second-order valence-corrected chi connectivity index (χ2v) is 4.25. The molecule has 1 aliphatic rings. The SMILES string of the molecule is Fc1cccc(-c2ccc(C3CO3)c(F)c2F)c1F. The molecule has 0 amide bonds. The van der Waals surface area contributed by atoms with Crippen LogP contribution in [-0.2, 0) is 4.74 Å². The second-order valence-electron chi connectivity index (χ2n) is 4.25. The first kappa shape index (κ1) is 12.2. The lowest BCUT2D eigenvalue weighted by Gasteiger charge is -2.08. The first-order valence-electron chi connectivity index (χ1n) is 5.63. The summed E-state index contributed by atoms with van der Waals surface area (Å²) in [7, 11) is 0. The maximum absolute atomic E-state index is 13.9. The lowest BCUT2D eigenvalue weighted by molar-refractivity contribution is 0.401. The predicted octanol–water partition coefficient (Wildman–Crippen LogP) is 3.98. The van der Waals surface area contributed by atoms with Crippen LogP contribution < -0.4 is 0 Å². The first-order valence-corrected chi connectivity index (χ1v) is 5.63. The van der Waals surface area contributed by atoms with Gasteiger partial charge in [-0.15, -0.1) is 0 Å². The van der Waals surface area contributed by atoms with Crippen molar-refractivity contribution in [2.24, 2.45) is 0 Å². The summed E-state index contributed by atoms with van der Waals surface area (Å²) in [5, 5.41) is 0. The Morgan fingerprint density at radius 3 is 2.21 bits per heavy atom. The summed E-state index contributed by atoms with van der Waals surface area (Å²) in [5.41, 5.74) is -0.517. The van der Waals surface area contributed by atoms with Crippen LogP contribution in [0.1, 0.15) is 11.7 Å². The third kappa shape index (κ3) is 2.00. The van der Waals surface area contributed by atoms with E-state index in [-0.39, 0.29) is 16.7 Å². The Hall–Kier alpha value is -1.88. The number of halogens is 4. The van der Waals surface area contributed by atoms with Crippen LogP contribution in [0.4, 0.5) is 17.6 Å². The second kappa shape index (κ2) is 4.35. The number of benzene rings is 2. The minimum atomic E-state index is -1.20. The maximum Gasteiger partial charge on any atom is 0.167 e. The van der Waals surface area contributed by atoms with Crippen LogP contribution in [0.25, 0.3) is 11.1 Å². The van der Waals surface area contributed by atoms with Gasteiger partial charge in [-0.05, 0) is 6.07 Å². The van der Waals surface area contributed by atoms with Crippen LogP contribution in [0.2, 0.25) is 0 Å². The molecule has 0 aromatic heterocycles. The zero-order chi connectivity index (χ0) is 13.6. The van der Waals surface area contributed by atoms with Crippen molar-refractivity contribution < 1.29 is 22.3 Å². The normalized spacial score (nSPS) is 17.6. The molecule has 0 N–H and O–H groups in total. The van der Waals surface area contributed by atoms with Crippen molar-refractivity contribution in [2.45, 2.75) is 6.10 Å². The van der Waals surface area contributed by atoms with E-state index in [1.807, 2.05) is 0 Å². The summed E-state index contributed by atoms with van der Waals surface area (Å²) in [6.07, 6.45) is -0.444. The van der Waals surface area contributed by atoms with Crippen molar-refractivity contribution in [1.82, 2.24) is 0 Å². The molecule has 19 heavy (non-hydrogen) atoms. The van der Waals surface area contributed by atoms with E-state index in [1.54, 1.807) is 0 Å². The highest BCUT2D eigenvalue weighted by Gasteiger charge is 2.30. The summed E-state index contributed by atoms with van der Waals surface area (Å²) in [4.78, 5) is 0. The van der Waals surface area contributed by atoms with Crippen molar-refractivity contribution in [3.63, 3.8) is 0 Å². The fourth-order valence-electron chi connectivity index (χ4n) is 1.96. The largest absolute Gasteiger partial charge is 0.368 e. The highest BCUT2D eigenvalue weighted by molar-refractivity contribution is 5.65. The highest BCUT2D eigenvalue weighted by atomic mass is 19.2. The monoisotopic (exact) mass is 268 g/mol. The molecule has 1 unspecified atom stereocenters. The van der Waals surface area contributed by atoms with Crippen LogP contribution in [0.5, 0.6) is 0 Å². The van der Waals surface area contributed by atoms with Gasteiger partial charge in [0, 0.05) is 16.7 Å². The zero-order valence-electron chi connectivity index (χ0n) is 9.59. The van der Waals surface area contributed by atoms with Gasteiger partial charge in [-0.1, -0.05) is 24.3 Å². The van der Waals surface area contributed by atoms with Crippen molar-refractivity contribution >= 4 is 0 Å². The maximum atomic E-state index is 13.9. The van der Waals surface area contributed by atoms with Crippen LogP contribution in [0.15, 0.2) is 30.3 Å². The molecule has 5 heteroatoms. The molecule has 1 aliphatic heterocycles. The average molecular weight is 268 g/mol. The summed E-state index contributed by atoms with van der Waals surface area (Å²) in [6, 6.07) is 5.91. The number of hydrogen-bond donors (Lipinski definition) is 0. The molecule has 1 nitrogen and oxygen atoms in total. The number of ether oxygens (including phenoxy) is 1. The summed E-state index contributed by atoms with van der Waals surface area (Å²) in [6.45, 7) is 0.337. The third-order valence-electron chi connectivity index (χ3n) is 3.03. The molecule has 0 radical (unpaired) electrons. The number of epoxide rings is 1. The first-order chi connectivity index (χ1) is 9.09. The van der Waals surface area contributed by atoms with Crippen molar-refractivity contribution in [2.75, 3.05) is 6.61 Å². The van der Waals surface area contributed by atoms with Crippen molar-refractivity contribution in [1.29, 1.82) is 0 Å². The Bertz CT molecular complexity index is 650. The van der Waals surface area contributed by atoms with E-state index in [0.717, 1.165) is 6.07 Å². The van der Waals surface area contributed by atoms with Crippen LogP contribution in [0, 0.1) is 23.3 Å².